The molecule has 0 aromatic carbocycles. The van der Waals surface area contributed by atoms with Crippen LogP contribution in [0.2, 0.25) is 0 Å². The van der Waals surface area contributed by atoms with E-state index in [4.69, 9.17) is 14.7 Å². The Morgan fingerprint density at radius 1 is 1.10 bits per heavy atom. The van der Waals surface area contributed by atoms with Crippen molar-refractivity contribution in [2.75, 3.05) is 36.5 Å². The smallest absolute Gasteiger partial charge is 0.407 e. The Hall–Kier alpha value is -3.76. The molecule has 1 saturated heterocycles. The zero-order chi connectivity index (χ0) is 27.9. The molecule has 1 fully saturated rings. The molecule has 2 aliphatic rings. The number of carboxylic acid groups (broad SMARTS) is 1. The van der Waals surface area contributed by atoms with Crippen LogP contribution in [-0.4, -0.2) is 70.2 Å². The molecule has 2 aromatic heterocycles. The fourth-order valence-corrected chi connectivity index (χ4v) is 5.18. The van der Waals surface area contributed by atoms with Gasteiger partial charge < -0.3 is 25.4 Å². The number of alkyl carbamates (subject to hydrolysis) is 1. The van der Waals surface area contributed by atoms with E-state index in [1.807, 2.05) is 6.92 Å². The summed E-state index contributed by atoms with van der Waals surface area (Å²) in [4.78, 5) is 51.1. The third kappa shape index (κ3) is 7.42. The first-order valence-corrected chi connectivity index (χ1v) is 13.7. The van der Waals surface area contributed by atoms with E-state index in [1.165, 1.54) is 36.7 Å². The van der Waals surface area contributed by atoms with Crippen molar-refractivity contribution in [2.24, 2.45) is 0 Å². The van der Waals surface area contributed by atoms with Gasteiger partial charge in [-0.2, -0.15) is 0 Å². The first-order chi connectivity index (χ1) is 18.7. The Bertz CT molecular complexity index is 1210. The summed E-state index contributed by atoms with van der Waals surface area (Å²) in [5.41, 5.74) is 4.69. The number of nitrogens with one attached hydrogen (secondary N) is 2. The summed E-state index contributed by atoms with van der Waals surface area (Å²) in [6.07, 6.45) is 5.84. The molecule has 1 aliphatic carbocycles. The lowest BCUT2D eigenvalue weighted by Crippen LogP contribution is -2.45. The predicted molar refractivity (Wildman–Crippen MR) is 146 cm³/mol. The molecule has 11 heteroatoms. The van der Waals surface area contributed by atoms with E-state index in [9.17, 15) is 19.5 Å². The minimum absolute atomic E-state index is 0.0761. The quantitative estimate of drug-likeness (QED) is 0.412. The van der Waals surface area contributed by atoms with Gasteiger partial charge in [-0.05, 0) is 70.9 Å². The van der Waals surface area contributed by atoms with Crippen molar-refractivity contribution in [1.82, 2.24) is 20.3 Å². The molecule has 0 radical (unpaired) electrons. The van der Waals surface area contributed by atoms with Gasteiger partial charge in [-0.15, -0.1) is 0 Å². The number of aliphatic carboxylic acids is 1. The average molecular weight is 539 g/mol. The van der Waals surface area contributed by atoms with Gasteiger partial charge in [0.15, 0.2) is 0 Å². The number of aryl methyl sites for hydroxylation is 3. The Morgan fingerprint density at radius 3 is 2.56 bits per heavy atom. The molecule has 4 rings (SSSR count). The van der Waals surface area contributed by atoms with Crippen LogP contribution in [-0.2, 0) is 27.2 Å². The van der Waals surface area contributed by atoms with Crippen molar-refractivity contribution >= 4 is 29.5 Å². The highest BCUT2D eigenvalue weighted by Gasteiger charge is 2.26. The van der Waals surface area contributed by atoms with Crippen LogP contribution >= 0.6 is 0 Å². The highest BCUT2D eigenvalue weighted by atomic mass is 16.5. The van der Waals surface area contributed by atoms with E-state index in [0.717, 1.165) is 50.2 Å². The van der Waals surface area contributed by atoms with Crippen LogP contribution in [0, 0.1) is 13.8 Å². The molecule has 1 amide bonds. The van der Waals surface area contributed by atoms with E-state index >= 15 is 0 Å². The minimum atomic E-state index is -1.24. The number of Topliss-reactive ketones (excluding diaryl/α,β-unsaturated/α-hetero) is 1. The second kappa shape index (κ2) is 12.9. The normalized spacial score (nSPS) is 16.2. The number of ketones is 1. The summed E-state index contributed by atoms with van der Waals surface area (Å²) in [7, 11) is 0. The van der Waals surface area contributed by atoms with E-state index < -0.39 is 18.1 Å². The highest BCUT2D eigenvalue weighted by Crippen LogP contribution is 2.33. The third-order valence-electron chi connectivity index (χ3n) is 7.40. The number of fused-ring (bicyclic) bond motifs is 1. The van der Waals surface area contributed by atoms with Gasteiger partial charge in [-0.1, -0.05) is 6.07 Å². The number of hydrogen-bond acceptors (Lipinski definition) is 9. The molecule has 11 nitrogen and oxygen atoms in total. The van der Waals surface area contributed by atoms with Crippen molar-refractivity contribution in [3.63, 3.8) is 0 Å². The SMILES string of the molecule is CC(=O)CCOC(=O)N[C@@H](CNc1nc(C)nc(N2CCC(c3ccc4c(n3)CCCC4)CC2)c1C)C(=O)O. The Morgan fingerprint density at radius 2 is 1.85 bits per heavy atom. The number of nitrogens with zero attached hydrogens (tertiary/aromatic N) is 4. The first kappa shape index (κ1) is 28.3. The molecule has 39 heavy (non-hydrogen) atoms. The maximum absolute atomic E-state index is 12.0. The van der Waals surface area contributed by atoms with E-state index in [1.54, 1.807) is 6.92 Å². The molecule has 0 unspecified atom stereocenters. The van der Waals surface area contributed by atoms with Gasteiger partial charge in [-0.25, -0.2) is 19.6 Å². The molecule has 2 aromatic rings. The number of pyridine rings is 1. The highest BCUT2D eigenvalue weighted by molar-refractivity contribution is 5.81. The molecule has 0 bridgehead atoms. The number of carbonyl (C=O) groups is 3. The fraction of sp³-hybridized carbons (Fsp3) is 0.571. The van der Waals surface area contributed by atoms with Crippen LogP contribution in [0.15, 0.2) is 12.1 Å². The lowest BCUT2D eigenvalue weighted by Gasteiger charge is -2.34. The van der Waals surface area contributed by atoms with Crippen LogP contribution in [0.25, 0.3) is 0 Å². The summed E-state index contributed by atoms with van der Waals surface area (Å²) in [6, 6.07) is 3.23. The fourth-order valence-electron chi connectivity index (χ4n) is 5.18. The number of carbonyl (C=O) groups excluding carboxylic acids is 2. The van der Waals surface area contributed by atoms with Gasteiger partial charge in [0.1, 0.15) is 35.9 Å². The van der Waals surface area contributed by atoms with E-state index in [-0.39, 0.29) is 25.4 Å². The molecule has 3 N–H and O–H groups in total. The first-order valence-electron chi connectivity index (χ1n) is 13.7. The Labute approximate surface area is 228 Å². The summed E-state index contributed by atoms with van der Waals surface area (Å²) in [6.45, 7) is 6.58. The number of hydrogen-bond donors (Lipinski definition) is 3. The molecule has 1 atom stereocenters. The lowest BCUT2D eigenvalue weighted by atomic mass is 9.90. The summed E-state index contributed by atoms with van der Waals surface area (Å²) >= 11 is 0. The van der Waals surface area contributed by atoms with E-state index in [2.05, 4.69) is 32.7 Å². The van der Waals surface area contributed by atoms with Gasteiger partial charge in [-0.3, -0.25) is 9.78 Å². The van der Waals surface area contributed by atoms with Gasteiger partial charge >= 0.3 is 12.1 Å². The number of amides is 1. The van der Waals surface area contributed by atoms with Crippen molar-refractivity contribution in [3.8, 4) is 0 Å². The minimum Gasteiger partial charge on any atom is -0.480 e. The van der Waals surface area contributed by atoms with Gasteiger partial charge in [0.2, 0.25) is 0 Å². The van der Waals surface area contributed by atoms with Gasteiger partial charge in [0.05, 0.1) is 0 Å². The number of anilines is 2. The van der Waals surface area contributed by atoms with Crippen LogP contribution in [0.3, 0.4) is 0 Å². The Balaban J connectivity index is 1.37. The molecule has 210 valence electrons. The summed E-state index contributed by atoms with van der Waals surface area (Å²) in [5, 5.41) is 15.0. The lowest BCUT2D eigenvalue weighted by molar-refractivity contribution is -0.139. The maximum Gasteiger partial charge on any atom is 0.407 e. The second-order valence-corrected chi connectivity index (χ2v) is 10.4. The standard InChI is InChI=1S/C28H38N6O5/c1-17(35)12-15-39-28(38)33-24(27(36)37)16-29-25-18(2)26(31-19(3)30-25)34-13-10-21(11-14-34)23-9-8-20-6-4-5-7-22(20)32-23/h8-9,21,24H,4-7,10-16H2,1-3H3,(H,33,38)(H,36,37)(H,29,30,31)/t24-/m0/s1. The number of rotatable bonds is 10. The number of carboxylic acids is 1. The molecule has 3 heterocycles. The zero-order valence-electron chi connectivity index (χ0n) is 23.0. The second-order valence-electron chi connectivity index (χ2n) is 10.4. The molecule has 0 spiro atoms. The average Bonchev–Trinajstić information content (AvgIpc) is 2.92. The van der Waals surface area contributed by atoms with Crippen LogP contribution < -0.4 is 15.5 Å². The topological polar surface area (TPSA) is 147 Å². The molecular weight excluding hydrogens is 500 g/mol. The van der Waals surface area contributed by atoms with Crippen molar-refractivity contribution in [2.45, 2.75) is 77.7 Å². The Kier molecular flexibility index (Phi) is 9.32. The molecular formula is C28H38N6O5. The monoisotopic (exact) mass is 538 g/mol. The van der Waals surface area contributed by atoms with Crippen LogP contribution in [0.4, 0.5) is 16.4 Å². The molecule has 1 aliphatic heterocycles. The molecule has 0 saturated carbocycles. The van der Waals surface area contributed by atoms with Crippen LogP contribution in [0.1, 0.15) is 73.3 Å². The maximum atomic E-state index is 12.0. The van der Waals surface area contributed by atoms with Crippen molar-refractivity contribution in [3.05, 3.63) is 40.5 Å². The van der Waals surface area contributed by atoms with Gasteiger partial charge in [0, 0.05) is 48.9 Å². The van der Waals surface area contributed by atoms with E-state index in [0.29, 0.717) is 17.6 Å². The number of ether oxygens (including phenoxy) is 1. The number of aromatic nitrogens is 3. The van der Waals surface area contributed by atoms with Gasteiger partial charge in [0.25, 0.3) is 0 Å². The number of piperidine rings is 1. The van der Waals surface area contributed by atoms with Crippen LogP contribution in [0.5, 0.6) is 0 Å². The largest absolute Gasteiger partial charge is 0.480 e. The van der Waals surface area contributed by atoms with Crippen molar-refractivity contribution in [1.29, 1.82) is 0 Å². The summed E-state index contributed by atoms with van der Waals surface area (Å²) < 4.78 is 4.90. The summed E-state index contributed by atoms with van der Waals surface area (Å²) in [5.74, 6) is 1.00. The third-order valence-corrected chi connectivity index (χ3v) is 7.40. The zero-order valence-corrected chi connectivity index (χ0v) is 23.0. The predicted octanol–water partition coefficient (Wildman–Crippen LogP) is 3.32. The van der Waals surface area contributed by atoms with Crippen molar-refractivity contribution < 1.29 is 24.2 Å².